The second-order valence-corrected chi connectivity index (χ2v) is 6.93. The lowest BCUT2D eigenvalue weighted by molar-refractivity contribution is -0.137. The second-order valence-electron chi connectivity index (χ2n) is 5.51. The summed E-state index contributed by atoms with van der Waals surface area (Å²) in [6, 6.07) is 10.8. The summed E-state index contributed by atoms with van der Waals surface area (Å²) in [7, 11) is -4.52. The van der Waals surface area contributed by atoms with Crippen LogP contribution in [-0.2, 0) is 16.3 Å². The first kappa shape index (κ1) is 18.8. The van der Waals surface area contributed by atoms with Crippen LogP contribution in [0.15, 0.2) is 69.7 Å². The highest BCUT2D eigenvalue weighted by Gasteiger charge is 2.33. The Morgan fingerprint density at radius 3 is 2.26 bits per heavy atom. The molecule has 3 aromatic rings. The molecule has 0 fully saturated rings. The molecule has 0 saturated carbocycles. The second kappa shape index (κ2) is 6.63. The lowest BCUT2D eigenvalue weighted by Crippen LogP contribution is -2.04. The number of benzene rings is 3. The molecule has 3 rings (SSSR count). The minimum atomic E-state index is -4.64. The maximum Gasteiger partial charge on any atom is 0.418 e. The number of halogens is 3. The lowest BCUT2D eigenvalue weighted by atomic mass is 10.1. The summed E-state index contributed by atoms with van der Waals surface area (Å²) in [5.74, 6) is -0.414. The number of nitrogens with zero attached hydrogens (tertiary/aromatic N) is 2. The standard InChI is InChI=1S/C17H11F3N2O4S/c18-17(19,20)13-3-1-2-4-14(13)21-22-16-12-9-11(27(24,25)26)7-5-10(12)6-8-15(16)23/h1-9,23H,(H,24,25,26). The van der Waals surface area contributed by atoms with Gasteiger partial charge in [0.1, 0.15) is 11.4 Å². The van der Waals surface area contributed by atoms with Gasteiger partial charge in [-0.3, -0.25) is 4.55 Å². The summed E-state index contributed by atoms with van der Waals surface area (Å²) in [5, 5.41) is 17.8. The van der Waals surface area contributed by atoms with E-state index in [9.17, 15) is 31.2 Å². The number of phenolic OH excluding ortho intramolecular Hbond substituents is 1. The van der Waals surface area contributed by atoms with Crippen molar-refractivity contribution in [3.05, 3.63) is 60.2 Å². The van der Waals surface area contributed by atoms with E-state index in [4.69, 9.17) is 0 Å². The molecule has 0 aliphatic carbocycles. The highest BCUT2D eigenvalue weighted by atomic mass is 32.2. The maximum atomic E-state index is 13.0. The molecule has 140 valence electrons. The van der Waals surface area contributed by atoms with Gasteiger partial charge in [-0.2, -0.15) is 21.6 Å². The van der Waals surface area contributed by atoms with E-state index >= 15 is 0 Å². The van der Waals surface area contributed by atoms with Gasteiger partial charge < -0.3 is 5.11 Å². The van der Waals surface area contributed by atoms with E-state index in [2.05, 4.69) is 10.2 Å². The summed E-state index contributed by atoms with van der Waals surface area (Å²) in [6.07, 6.45) is -4.64. The van der Waals surface area contributed by atoms with Crippen LogP contribution < -0.4 is 0 Å². The minimum absolute atomic E-state index is 0.0957. The fourth-order valence-electron chi connectivity index (χ4n) is 2.44. The molecule has 0 heterocycles. The Labute approximate surface area is 151 Å². The van der Waals surface area contributed by atoms with E-state index in [1.54, 1.807) is 0 Å². The molecule has 6 nitrogen and oxygen atoms in total. The van der Waals surface area contributed by atoms with Crippen molar-refractivity contribution in [1.82, 2.24) is 0 Å². The van der Waals surface area contributed by atoms with Gasteiger partial charge in [-0.05, 0) is 35.7 Å². The molecule has 0 aromatic heterocycles. The summed E-state index contributed by atoms with van der Waals surface area (Å²) in [6.45, 7) is 0. The van der Waals surface area contributed by atoms with Gasteiger partial charge in [-0.15, -0.1) is 10.2 Å². The fourth-order valence-corrected chi connectivity index (χ4v) is 2.95. The third kappa shape index (κ3) is 3.91. The molecule has 0 aliphatic heterocycles. The number of aromatic hydroxyl groups is 1. The highest BCUT2D eigenvalue weighted by Crippen LogP contribution is 2.40. The van der Waals surface area contributed by atoms with Crippen LogP contribution in [0.4, 0.5) is 24.5 Å². The van der Waals surface area contributed by atoms with Crippen molar-refractivity contribution in [2.24, 2.45) is 10.2 Å². The molecule has 0 unspecified atom stereocenters. The Morgan fingerprint density at radius 2 is 1.59 bits per heavy atom. The quantitative estimate of drug-likeness (QED) is 0.468. The minimum Gasteiger partial charge on any atom is -0.506 e. The molecule has 10 heteroatoms. The third-order valence-corrected chi connectivity index (χ3v) is 4.56. The number of azo groups is 1. The Kier molecular flexibility index (Phi) is 4.62. The van der Waals surface area contributed by atoms with Gasteiger partial charge in [0.25, 0.3) is 10.1 Å². The van der Waals surface area contributed by atoms with E-state index in [1.165, 1.54) is 30.3 Å². The molecule has 2 N–H and O–H groups in total. The lowest BCUT2D eigenvalue weighted by Gasteiger charge is -2.09. The van der Waals surface area contributed by atoms with Crippen LogP contribution in [0.2, 0.25) is 0 Å². The van der Waals surface area contributed by atoms with Gasteiger partial charge in [-0.25, -0.2) is 0 Å². The number of alkyl halides is 3. The van der Waals surface area contributed by atoms with Crippen molar-refractivity contribution in [1.29, 1.82) is 0 Å². The van der Waals surface area contributed by atoms with E-state index < -0.39 is 38.2 Å². The van der Waals surface area contributed by atoms with Gasteiger partial charge in [0.15, 0.2) is 0 Å². The normalized spacial score (nSPS) is 12.7. The zero-order chi connectivity index (χ0) is 19.8. The molecule has 0 aliphatic rings. The average molecular weight is 396 g/mol. The summed E-state index contributed by atoms with van der Waals surface area (Å²) >= 11 is 0. The fraction of sp³-hybridized carbons (Fsp3) is 0.0588. The van der Waals surface area contributed by atoms with Gasteiger partial charge in [0.05, 0.1) is 16.1 Å². The topological polar surface area (TPSA) is 99.3 Å². The first-order chi connectivity index (χ1) is 12.6. The van der Waals surface area contributed by atoms with Crippen molar-refractivity contribution < 1.29 is 31.2 Å². The van der Waals surface area contributed by atoms with Crippen LogP contribution >= 0.6 is 0 Å². The Bertz CT molecular complexity index is 1160. The van der Waals surface area contributed by atoms with Crippen molar-refractivity contribution in [2.45, 2.75) is 11.1 Å². The number of fused-ring (bicyclic) bond motifs is 1. The summed E-state index contributed by atoms with van der Waals surface area (Å²) in [4.78, 5) is -0.451. The highest BCUT2D eigenvalue weighted by molar-refractivity contribution is 7.85. The van der Waals surface area contributed by atoms with Gasteiger partial charge in [0, 0.05) is 5.39 Å². The number of rotatable bonds is 3. The molecular formula is C17H11F3N2O4S. The van der Waals surface area contributed by atoms with E-state index in [-0.39, 0.29) is 11.1 Å². The first-order valence-corrected chi connectivity index (χ1v) is 8.82. The van der Waals surface area contributed by atoms with Crippen LogP contribution in [0, 0.1) is 0 Å². The van der Waals surface area contributed by atoms with Crippen LogP contribution in [0.1, 0.15) is 5.56 Å². The monoisotopic (exact) mass is 396 g/mol. The molecular weight excluding hydrogens is 385 g/mol. The first-order valence-electron chi connectivity index (χ1n) is 7.38. The van der Waals surface area contributed by atoms with Crippen LogP contribution in [-0.4, -0.2) is 18.1 Å². The van der Waals surface area contributed by atoms with Crippen molar-refractivity contribution in [3.8, 4) is 5.75 Å². The smallest absolute Gasteiger partial charge is 0.418 e. The zero-order valence-corrected chi connectivity index (χ0v) is 14.2. The number of hydrogen-bond acceptors (Lipinski definition) is 5. The van der Waals surface area contributed by atoms with Gasteiger partial charge in [0.2, 0.25) is 0 Å². The van der Waals surface area contributed by atoms with Crippen molar-refractivity contribution >= 4 is 32.3 Å². The summed E-state index contributed by atoms with van der Waals surface area (Å²) in [5.41, 5.74) is -1.70. The number of phenols is 1. The van der Waals surface area contributed by atoms with Crippen LogP contribution in [0.5, 0.6) is 5.75 Å². The molecule has 0 amide bonds. The van der Waals surface area contributed by atoms with E-state index in [0.29, 0.717) is 5.39 Å². The molecule has 0 atom stereocenters. The van der Waals surface area contributed by atoms with Crippen LogP contribution in [0.3, 0.4) is 0 Å². The Balaban J connectivity index is 2.18. The SMILES string of the molecule is O=S(=O)(O)c1ccc2ccc(O)c(N=Nc3ccccc3C(F)(F)F)c2c1. The van der Waals surface area contributed by atoms with E-state index in [1.807, 2.05) is 0 Å². The molecule has 0 spiro atoms. The molecule has 0 bridgehead atoms. The average Bonchev–Trinajstić information content (AvgIpc) is 2.59. The Hall–Kier alpha value is -2.98. The summed E-state index contributed by atoms with van der Waals surface area (Å²) < 4.78 is 71.0. The van der Waals surface area contributed by atoms with Crippen LogP contribution in [0.25, 0.3) is 10.8 Å². The van der Waals surface area contributed by atoms with Gasteiger partial charge in [-0.1, -0.05) is 24.3 Å². The molecule has 27 heavy (non-hydrogen) atoms. The largest absolute Gasteiger partial charge is 0.506 e. The predicted molar refractivity (Wildman–Crippen MR) is 91.0 cm³/mol. The van der Waals surface area contributed by atoms with E-state index in [0.717, 1.165) is 24.3 Å². The number of hydrogen-bond donors (Lipinski definition) is 2. The van der Waals surface area contributed by atoms with Crippen molar-refractivity contribution in [3.63, 3.8) is 0 Å². The zero-order valence-electron chi connectivity index (χ0n) is 13.3. The molecule has 0 radical (unpaired) electrons. The van der Waals surface area contributed by atoms with Gasteiger partial charge >= 0.3 is 6.18 Å². The predicted octanol–water partition coefficient (Wildman–Crippen LogP) is 5.23. The third-order valence-electron chi connectivity index (χ3n) is 3.71. The maximum absolute atomic E-state index is 13.0. The Morgan fingerprint density at radius 1 is 0.926 bits per heavy atom. The molecule has 0 saturated heterocycles. The van der Waals surface area contributed by atoms with Crippen molar-refractivity contribution in [2.75, 3.05) is 0 Å². The molecule has 3 aromatic carbocycles.